The molecule has 6 aromatic rings. The SMILES string of the molecule is CCOC(=O)NN(C[C@H]1O[C@@H](n2cnc3c(=O)n(Cc4ccccc4)c(/N=C/N(Cc4ccccc4)Cc4ccccc4)nc32)[C@@H]2OC(c3ccccc3)O[C@@H]21)C(=O)OCC. The van der Waals surface area contributed by atoms with Crippen molar-refractivity contribution in [1.82, 2.24) is 34.4 Å². The summed E-state index contributed by atoms with van der Waals surface area (Å²) in [6, 6.07) is 39.2. The van der Waals surface area contributed by atoms with Crippen LogP contribution in [0.5, 0.6) is 0 Å². The second-order valence-electron chi connectivity index (χ2n) is 14.4. The van der Waals surface area contributed by atoms with Crippen molar-refractivity contribution in [2.24, 2.45) is 4.99 Å². The number of fused-ring (bicyclic) bond motifs is 2. The Morgan fingerprint density at radius 3 is 2.00 bits per heavy atom. The average molecular weight is 827 g/mol. The predicted octanol–water partition coefficient (Wildman–Crippen LogP) is 6.50. The van der Waals surface area contributed by atoms with E-state index in [4.69, 9.17) is 33.7 Å². The Hall–Kier alpha value is -6.88. The largest absolute Gasteiger partial charge is 0.449 e. The Bertz CT molecular complexity index is 2450. The molecule has 0 spiro atoms. The lowest BCUT2D eigenvalue weighted by atomic mass is 10.1. The second kappa shape index (κ2) is 19.0. The molecule has 2 aromatic heterocycles. The molecule has 4 aromatic carbocycles. The summed E-state index contributed by atoms with van der Waals surface area (Å²) in [5, 5.41) is 0.987. The number of ether oxygens (including phenoxy) is 5. The molecule has 5 atom stereocenters. The van der Waals surface area contributed by atoms with Gasteiger partial charge in [-0.1, -0.05) is 121 Å². The van der Waals surface area contributed by atoms with Crippen LogP contribution in [0.2, 0.25) is 0 Å². The number of hydrogen-bond acceptors (Lipinski definition) is 11. The molecule has 0 radical (unpaired) electrons. The van der Waals surface area contributed by atoms with Gasteiger partial charge >= 0.3 is 12.2 Å². The van der Waals surface area contributed by atoms with Crippen molar-refractivity contribution in [3.8, 4) is 0 Å². The molecule has 2 saturated heterocycles. The maximum absolute atomic E-state index is 14.5. The molecule has 314 valence electrons. The smallest absolute Gasteiger partial charge is 0.428 e. The highest BCUT2D eigenvalue weighted by Gasteiger charge is 2.55. The first-order valence-corrected chi connectivity index (χ1v) is 20.1. The lowest BCUT2D eigenvalue weighted by Gasteiger charge is -2.27. The van der Waals surface area contributed by atoms with Crippen LogP contribution in [-0.4, -0.2) is 85.6 Å². The van der Waals surface area contributed by atoms with Gasteiger partial charge in [0, 0.05) is 18.7 Å². The normalized spacial score (nSPS) is 19.5. The molecule has 2 aliphatic rings. The number of rotatable bonds is 14. The molecule has 16 heteroatoms. The van der Waals surface area contributed by atoms with Crippen LogP contribution in [0.4, 0.5) is 15.5 Å². The molecular weight excluding hydrogens is 781 g/mol. The van der Waals surface area contributed by atoms with Gasteiger partial charge in [-0.05, 0) is 30.5 Å². The zero-order valence-corrected chi connectivity index (χ0v) is 33.7. The van der Waals surface area contributed by atoms with Gasteiger partial charge in [0.2, 0.25) is 5.95 Å². The minimum absolute atomic E-state index is 0.0608. The van der Waals surface area contributed by atoms with Crippen molar-refractivity contribution in [2.45, 2.75) is 64.3 Å². The van der Waals surface area contributed by atoms with Gasteiger partial charge in [0.15, 0.2) is 23.7 Å². The summed E-state index contributed by atoms with van der Waals surface area (Å²) in [6.07, 6.45) is -2.58. The number of imidazole rings is 1. The van der Waals surface area contributed by atoms with Crippen molar-refractivity contribution in [1.29, 1.82) is 0 Å². The number of aliphatic imine (C=N–C) groups is 1. The van der Waals surface area contributed by atoms with Crippen LogP contribution >= 0.6 is 0 Å². The number of hydrazine groups is 1. The Kier molecular flexibility index (Phi) is 12.7. The summed E-state index contributed by atoms with van der Waals surface area (Å²) in [5.41, 5.74) is 6.18. The highest BCUT2D eigenvalue weighted by molar-refractivity contribution is 5.74. The molecule has 16 nitrogen and oxygen atoms in total. The number of hydrogen-bond donors (Lipinski definition) is 1. The van der Waals surface area contributed by atoms with E-state index >= 15 is 0 Å². The van der Waals surface area contributed by atoms with E-state index in [0.717, 1.165) is 27.3 Å². The summed E-state index contributed by atoms with van der Waals surface area (Å²) >= 11 is 0. The van der Waals surface area contributed by atoms with Crippen LogP contribution in [0.15, 0.2) is 137 Å². The predicted molar refractivity (Wildman–Crippen MR) is 224 cm³/mol. The molecule has 2 fully saturated rings. The third kappa shape index (κ3) is 9.46. The van der Waals surface area contributed by atoms with Crippen molar-refractivity contribution >= 4 is 35.6 Å². The third-order valence-corrected chi connectivity index (χ3v) is 10.2. The topological polar surface area (TPSA) is 164 Å². The average Bonchev–Trinajstić information content (AvgIpc) is 4.00. The van der Waals surface area contributed by atoms with E-state index in [1.54, 1.807) is 24.8 Å². The second-order valence-corrected chi connectivity index (χ2v) is 14.4. The fourth-order valence-corrected chi connectivity index (χ4v) is 7.38. The molecule has 0 saturated carbocycles. The quantitative estimate of drug-likeness (QED) is 0.0724. The van der Waals surface area contributed by atoms with Gasteiger partial charge in [0.05, 0.1) is 39.0 Å². The fraction of sp³-hybridized carbons (Fsp3) is 0.289. The summed E-state index contributed by atoms with van der Waals surface area (Å²) < 4.78 is 33.1. The Morgan fingerprint density at radius 2 is 1.38 bits per heavy atom. The number of benzene rings is 4. The zero-order chi connectivity index (χ0) is 42.1. The van der Waals surface area contributed by atoms with Crippen LogP contribution < -0.4 is 11.0 Å². The summed E-state index contributed by atoms with van der Waals surface area (Å²) in [6.45, 7) is 4.56. The van der Waals surface area contributed by atoms with Gasteiger partial charge in [0.1, 0.15) is 18.3 Å². The van der Waals surface area contributed by atoms with Crippen molar-refractivity contribution in [3.05, 3.63) is 160 Å². The van der Waals surface area contributed by atoms with Crippen LogP contribution in [0.3, 0.4) is 0 Å². The molecule has 4 heterocycles. The first-order chi connectivity index (χ1) is 29.9. The molecular formula is C45H46N8O8. The Morgan fingerprint density at radius 1 is 0.787 bits per heavy atom. The monoisotopic (exact) mass is 826 g/mol. The van der Waals surface area contributed by atoms with Gasteiger partial charge in [-0.15, -0.1) is 0 Å². The summed E-state index contributed by atoms with van der Waals surface area (Å²) in [7, 11) is 0. The van der Waals surface area contributed by atoms with Crippen molar-refractivity contribution in [3.63, 3.8) is 0 Å². The van der Waals surface area contributed by atoms with E-state index in [-0.39, 0.29) is 43.4 Å². The molecule has 0 bridgehead atoms. The maximum atomic E-state index is 14.5. The van der Waals surface area contributed by atoms with Crippen LogP contribution in [0.1, 0.15) is 48.6 Å². The Labute approximate surface area is 351 Å². The number of amides is 2. The molecule has 8 rings (SSSR count). The van der Waals surface area contributed by atoms with Gasteiger partial charge in [-0.2, -0.15) is 4.98 Å². The molecule has 2 amide bonds. The van der Waals surface area contributed by atoms with Crippen molar-refractivity contribution in [2.75, 3.05) is 19.8 Å². The molecule has 0 aliphatic carbocycles. The Balaban J connectivity index is 1.18. The number of nitrogens with one attached hydrogen (secondary N) is 1. The zero-order valence-electron chi connectivity index (χ0n) is 33.7. The molecule has 1 N–H and O–H groups in total. The first kappa shape index (κ1) is 40.9. The number of carbonyl (C=O) groups is 2. The lowest BCUT2D eigenvalue weighted by Crippen LogP contribution is -2.51. The van der Waals surface area contributed by atoms with Gasteiger partial charge in [0.25, 0.3) is 5.56 Å². The van der Waals surface area contributed by atoms with E-state index in [9.17, 15) is 14.4 Å². The van der Waals surface area contributed by atoms with E-state index in [2.05, 4.69) is 39.6 Å². The minimum Gasteiger partial charge on any atom is -0.449 e. The summed E-state index contributed by atoms with van der Waals surface area (Å²) in [4.78, 5) is 56.7. The van der Waals surface area contributed by atoms with E-state index < -0.39 is 48.6 Å². The highest BCUT2D eigenvalue weighted by atomic mass is 16.8. The van der Waals surface area contributed by atoms with Crippen LogP contribution in [-0.2, 0) is 43.3 Å². The maximum Gasteiger partial charge on any atom is 0.428 e. The third-order valence-electron chi connectivity index (χ3n) is 10.2. The van der Waals surface area contributed by atoms with Gasteiger partial charge in [-0.25, -0.2) is 30.0 Å². The van der Waals surface area contributed by atoms with Crippen LogP contribution in [0, 0.1) is 0 Å². The van der Waals surface area contributed by atoms with Gasteiger partial charge in [-0.3, -0.25) is 13.9 Å². The number of carbonyl (C=O) groups excluding carboxylic acids is 2. The lowest BCUT2D eigenvalue weighted by molar-refractivity contribution is -0.150. The highest BCUT2D eigenvalue weighted by Crippen LogP contribution is 2.45. The number of aromatic nitrogens is 4. The van der Waals surface area contributed by atoms with Crippen LogP contribution in [0.25, 0.3) is 11.2 Å². The fourth-order valence-electron chi connectivity index (χ4n) is 7.38. The van der Waals surface area contributed by atoms with E-state index in [1.807, 2.05) is 97.1 Å². The summed E-state index contributed by atoms with van der Waals surface area (Å²) in [5.74, 6) is 0.151. The standard InChI is InChI=1S/C45H46N8O8/c1-3-57-44(55)49-53(45(56)58-4-2)28-35-37-38(61-42(60-37)34-23-15-8-16-24-34)41(59-35)52-30-46-36-39(52)48-43(51(40(36)54)27-33-21-13-7-14-22-33)47-29-50(25-31-17-9-5-10-18-31)26-32-19-11-6-12-20-32/h5-24,29-30,35,37-38,41-42H,3-4,25-28H2,1-2H3,(H,49,55)/b47-29+/t35-,37-,38-,41-,42?/m1/s1. The van der Waals surface area contributed by atoms with E-state index in [1.165, 1.54) is 10.9 Å². The molecule has 2 aliphatic heterocycles. The molecule has 1 unspecified atom stereocenters. The van der Waals surface area contributed by atoms with Gasteiger partial charge < -0.3 is 28.6 Å². The first-order valence-electron chi connectivity index (χ1n) is 20.1. The van der Waals surface area contributed by atoms with E-state index in [0.29, 0.717) is 13.1 Å². The number of nitrogens with zero attached hydrogens (tertiary/aromatic N) is 7. The van der Waals surface area contributed by atoms with Crippen molar-refractivity contribution < 1.29 is 33.3 Å². The molecule has 61 heavy (non-hydrogen) atoms. The minimum atomic E-state index is -0.943.